The average Bonchev–Trinajstić information content (AvgIpc) is 2.65. The van der Waals surface area contributed by atoms with E-state index in [2.05, 4.69) is 20.2 Å². The van der Waals surface area contributed by atoms with Crippen LogP contribution >= 0.6 is 11.6 Å². The van der Waals surface area contributed by atoms with Gasteiger partial charge in [0.25, 0.3) is 0 Å². The van der Waals surface area contributed by atoms with Crippen molar-refractivity contribution in [3.8, 4) is 0 Å². The number of nitrogens with zero attached hydrogens (tertiary/aromatic N) is 4. The molecule has 0 spiro atoms. The summed E-state index contributed by atoms with van der Waals surface area (Å²) in [6.45, 7) is 8.61. The Morgan fingerprint density at radius 1 is 1.19 bits per heavy atom. The van der Waals surface area contributed by atoms with Crippen molar-refractivity contribution in [3.05, 3.63) is 40.5 Å². The van der Waals surface area contributed by atoms with Gasteiger partial charge in [0, 0.05) is 48.6 Å². The van der Waals surface area contributed by atoms with E-state index in [9.17, 15) is 4.79 Å². The second-order valence-electron chi connectivity index (χ2n) is 6.46. The van der Waals surface area contributed by atoms with Crippen LogP contribution in [0.4, 0.5) is 22.2 Å². The highest BCUT2D eigenvalue weighted by atomic mass is 35.5. The standard InChI is InChI=1S/C19H24ClN5O2/c1-4-27-19(26)25-9-7-24(8-10-25)18-21-14(3)11-17(23-18)22-15-6-5-13(2)16(20)12-15/h5-6,11-12H,4,7-10H2,1-3H3,(H,21,22,23). The first kappa shape index (κ1) is 19.2. The number of aryl methyl sites for hydroxylation is 2. The predicted molar refractivity (Wildman–Crippen MR) is 107 cm³/mol. The summed E-state index contributed by atoms with van der Waals surface area (Å²) in [4.78, 5) is 24.8. The van der Waals surface area contributed by atoms with Crippen molar-refractivity contribution in [2.45, 2.75) is 20.8 Å². The number of aromatic nitrogens is 2. The Morgan fingerprint density at radius 2 is 1.93 bits per heavy atom. The molecule has 2 heterocycles. The normalized spacial score (nSPS) is 14.2. The molecule has 0 radical (unpaired) electrons. The van der Waals surface area contributed by atoms with E-state index in [-0.39, 0.29) is 6.09 Å². The summed E-state index contributed by atoms with van der Waals surface area (Å²) < 4.78 is 5.06. The number of ether oxygens (including phenoxy) is 1. The Labute approximate surface area is 164 Å². The zero-order valence-electron chi connectivity index (χ0n) is 15.8. The van der Waals surface area contributed by atoms with Gasteiger partial charge < -0.3 is 19.9 Å². The number of rotatable bonds is 4. The second kappa shape index (κ2) is 8.43. The van der Waals surface area contributed by atoms with Crippen molar-refractivity contribution in [1.29, 1.82) is 0 Å². The molecule has 2 aromatic rings. The van der Waals surface area contributed by atoms with Crippen LogP contribution in [-0.2, 0) is 4.74 Å². The van der Waals surface area contributed by atoms with E-state index in [0.29, 0.717) is 49.6 Å². The van der Waals surface area contributed by atoms with Crippen LogP contribution < -0.4 is 10.2 Å². The van der Waals surface area contributed by atoms with E-state index in [1.807, 2.05) is 45.0 Å². The average molecular weight is 390 g/mol. The molecule has 144 valence electrons. The fraction of sp³-hybridized carbons (Fsp3) is 0.421. The van der Waals surface area contributed by atoms with E-state index < -0.39 is 0 Å². The lowest BCUT2D eigenvalue weighted by Gasteiger charge is -2.34. The number of carbonyl (C=O) groups is 1. The molecule has 1 amide bonds. The van der Waals surface area contributed by atoms with Gasteiger partial charge in [0.2, 0.25) is 5.95 Å². The number of benzene rings is 1. The van der Waals surface area contributed by atoms with Crippen molar-refractivity contribution >= 4 is 35.1 Å². The van der Waals surface area contributed by atoms with Crippen LogP contribution in [0, 0.1) is 13.8 Å². The van der Waals surface area contributed by atoms with Gasteiger partial charge in [-0.2, -0.15) is 4.98 Å². The van der Waals surface area contributed by atoms with Crippen LogP contribution in [0.5, 0.6) is 0 Å². The van der Waals surface area contributed by atoms with E-state index in [0.717, 1.165) is 16.9 Å². The summed E-state index contributed by atoms with van der Waals surface area (Å²) in [5.41, 5.74) is 2.77. The van der Waals surface area contributed by atoms with Crippen LogP contribution in [-0.4, -0.2) is 53.7 Å². The predicted octanol–water partition coefficient (Wildman–Crippen LogP) is 3.77. The third kappa shape index (κ3) is 4.80. The Bertz CT molecular complexity index is 822. The first-order valence-corrected chi connectivity index (χ1v) is 9.39. The molecule has 1 aliphatic rings. The largest absolute Gasteiger partial charge is 0.450 e. The van der Waals surface area contributed by atoms with Gasteiger partial charge >= 0.3 is 6.09 Å². The number of piperazine rings is 1. The number of carbonyl (C=O) groups excluding carboxylic acids is 1. The molecule has 7 nitrogen and oxygen atoms in total. The van der Waals surface area contributed by atoms with E-state index in [1.165, 1.54) is 0 Å². The number of amides is 1. The highest BCUT2D eigenvalue weighted by Gasteiger charge is 2.23. The van der Waals surface area contributed by atoms with Gasteiger partial charge in [-0.25, -0.2) is 9.78 Å². The molecule has 1 aromatic heterocycles. The molecule has 0 saturated carbocycles. The van der Waals surface area contributed by atoms with E-state index in [1.54, 1.807) is 4.90 Å². The summed E-state index contributed by atoms with van der Waals surface area (Å²) in [6.07, 6.45) is -0.263. The van der Waals surface area contributed by atoms with Crippen molar-refractivity contribution in [3.63, 3.8) is 0 Å². The van der Waals surface area contributed by atoms with Crippen molar-refractivity contribution in [2.24, 2.45) is 0 Å². The third-order valence-corrected chi connectivity index (χ3v) is 4.78. The van der Waals surface area contributed by atoms with Crippen LogP contribution in [0.1, 0.15) is 18.2 Å². The highest BCUT2D eigenvalue weighted by molar-refractivity contribution is 6.31. The van der Waals surface area contributed by atoms with Crippen molar-refractivity contribution < 1.29 is 9.53 Å². The van der Waals surface area contributed by atoms with Gasteiger partial charge in [-0.05, 0) is 38.5 Å². The smallest absolute Gasteiger partial charge is 0.409 e. The molecule has 1 aromatic carbocycles. The van der Waals surface area contributed by atoms with Gasteiger partial charge in [-0.1, -0.05) is 17.7 Å². The monoisotopic (exact) mass is 389 g/mol. The second-order valence-corrected chi connectivity index (χ2v) is 6.86. The molecule has 1 fully saturated rings. The molecule has 27 heavy (non-hydrogen) atoms. The number of halogens is 1. The first-order chi connectivity index (χ1) is 13.0. The van der Waals surface area contributed by atoms with Crippen LogP contribution in [0.3, 0.4) is 0 Å². The third-order valence-electron chi connectivity index (χ3n) is 4.38. The summed E-state index contributed by atoms with van der Waals surface area (Å²) >= 11 is 6.20. The number of anilines is 3. The molecule has 1 saturated heterocycles. The maximum Gasteiger partial charge on any atom is 0.409 e. The molecular formula is C19H24ClN5O2. The Kier molecular flexibility index (Phi) is 6.01. The van der Waals surface area contributed by atoms with Gasteiger partial charge in [-0.15, -0.1) is 0 Å². The number of hydrogen-bond donors (Lipinski definition) is 1. The fourth-order valence-corrected chi connectivity index (χ4v) is 3.06. The van der Waals surface area contributed by atoms with Crippen molar-refractivity contribution in [1.82, 2.24) is 14.9 Å². The summed E-state index contributed by atoms with van der Waals surface area (Å²) in [6, 6.07) is 7.71. The van der Waals surface area contributed by atoms with Crippen LogP contribution in [0.25, 0.3) is 0 Å². The SMILES string of the molecule is CCOC(=O)N1CCN(c2nc(C)cc(Nc3ccc(C)c(Cl)c3)n2)CC1. The maximum absolute atomic E-state index is 11.8. The molecule has 1 aliphatic heterocycles. The zero-order chi connectivity index (χ0) is 19.4. The summed E-state index contributed by atoms with van der Waals surface area (Å²) in [5, 5.41) is 4.00. The molecule has 0 atom stereocenters. The number of nitrogens with one attached hydrogen (secondary N) is 1. The minimum Gasteiger partial charge on any atom is -0.450 e. The fourth-order valence-electron chi connectivity index (χ4n) is 2.88. The van der Waals surface area contributed by atoms with Crippen molar-refractivity contribution in [2.75, 3.05) is 43.0 Å². The maximum atomic E-state index is 11.8. The quantitative estimate of drug-likeness (QED) is 0.858. The summed E-state index contributed by atoms with van der Waals surface area (Å²) in [5.74, 6) is 1.37. The molecule has 0 aliphatic carbocycles. The van der Waals surface area contributed by atoms with Crippen LogP contribution in [0.2, 0.25) is 5.02 Å². The topological polar surface area (TPSA) is 70.6 Å². The lowest BCUT2D eigenvalue weighted by Crippen LogP contribution is -2.49. The lowest BCUT2D eigenvalue weighted by atomic mass is 10.2. The first-order valence-electron chi connectivity index (χ1n) is 9.01. The minimum atomic E-state index is -0.263. The summed E-state index contributed by atoms with van der Waals surface area (Å²) in [7, 11) is 0. The Balaban J connectivity index is 1.70. The Hall–Kier alpha value is -2.54. The van der Waals surface area contributed by atoms with E-state index >= 15 is 0 Å². The molecule has 0 unspecified atom stereocenters. The van der Waals surface area contributed by atoms with Gasteiger partial charge in [0.1, 0.15) is 5.82 Å². The lowest BCUT2D eigenvalue weighted by molar-refractivity contribution is 0.105. The minimum absolute atomic E-state index is 0.263. The molecule has 0 bridgehead atoms. The molecular weight excluding hydrogens is 366 g/mol. The zero-order valence-corrected chi connectivity index (χ0v) is 16.6. The molecule has 8 heteroatoms. The van der Waals surface area contributed by atoms with Gasteiger partial charge in [0.05, 0.1) is 6.61 Å². The number of hydrogen-bond acceptors (Lipinski definition) is 6. The van der Waals surface area contributed by atoms with Gasteiger partial charge in [0.15, 0.2) is 0 Å². The molecule has 1 N–H and O–H groups in total. The van der Waals surface area contributed by atoms with Gasteiger partial charge in [-0.3, -0.25) is 0 Å². The van der Waals surface area contributed by atoms with E-state index in [4.69, 9.17) is 16.3 Å². The molecule has 3 rings (SSSR count). The van der Waals surface area contributed by atoms with Crippen LogP contribution in [0.15, 0.2) is 24.3 Å². The Morgan fingerprint density at radius 3 is 2.59 bits per heavy atom. The highest BCUT2D eigenvalue weighted by Crippen LogP contribution is 2.24.